The van der Waals surface area contributed by atoms with Gasteiger partial charge in [-0.3, -0.25) is 8.98 Å². The van der Waals surface area contributed by atoms with Gasteiger partial charge in [0, 0.05) is 18.7 Å². The minimum Gasteiger partial charge on any atom is -0.496 e. The van der Waals surface area contributed by atoms with Crippen molar-refractivity contribution < 1.29 is 48.5 Å². The van der Waals surface area contributed by atoms with Gasteiger partial charge in [0.15, 0.2) is 0 Å². The molecule has 1 heterocycles. The van der Waals surface area contributed by atoms with Gasteiger partial charge < -0.3 is 9.64 Å². The number of nitrogens with zero attached hydrogens (tertiary/aromatic N) is 1. The number of amides is 1. The van der Waals surface area contributed by atoms with E-state index in [1.165, 1.54) is 12.0 Å². The molecule has 204 valence electrons. The van der Waals surface area contributed by atoms with Crippen molar-refractivity contribution in [2.24, 2.45) is 5.41 Å². The Labute approximate surface area is 210 Å². The van der Waals surface area contributed by atoms with E-state index >= 15 is 0 Å². The summed E-state index contributed by atoms with van der Waals surface area (Å²) in [6.45, 7) is -0.215. The van der Waals surface area contributed by atoms with Crippen molar-refractivity contribution in [1.29, 1.82) is 0 Å². The van der Waals surface area contributed by atoms with E-state index < -0.39 is 57.9 Å². The zero-order valence-electron chi connectivity index (χ0n) is 19.9. The van der Waals surface area contributed by atoms with Gasteiger partial charge in [-0.05, 0) is 49.1 Å². The van der Waals surface area contributed by atoms with E-state index in [1.807, 2.05) is 0 Å². The van der Waals surface area contributed by atoms with Crippen molar-refractivity contribution in [3.05, 3.63) is 64.7 Å². The Hall–Kier alpha value is -2.80. The van der Waals surface area contributed by atoms with Crippen molar-refractivity contribution in [1.82, 2.24) is 4.90 Å². The molecule has 1 fully saturated rings. The number of para-hydroxylation sites is 1. The minimum atomic E-state index is -5.04. The zero-order chi connectivity index (χ0) is 27.6. The molecule has 13 heteroatoms. The first kappa shape index (κ1) is 28.8. The van der Waals surface area contributed by atoms with E-state index in [0.717, 1.165) is 6.26 Å². The van der Waals surface area contributed by atoms with Crippen molar-refractivity contribution in [3.8, 4) is 5.75 Å². The third-order valence-corrected chi connectivity index (χ3v) is 6.82. The summed E-state index contributed by atoms with van der Waals surface area (Å²) in [4.78, 5) is 15.0. The molecule has 0 N–H and O–H groups in total. The number of carbonyl (C=O) groups is 1. The van der Waals surface area contributed by atoms with E-state index in [9.17, 15) is 39.6 Å². The van der Waals surface area contributed by atoms with E-state index in [-0.39, 0.29) is 37.6 Å². The van der Waals surface area contributed by atoms with Gasteiger partial charge in [-0.25, -0.2) is 0 Å². The molecule has 0 aromatic heterocycles. The van der Waals surface area contributed by atoms with E-state index in [1.54, 1.807) is 24.3 Å². The molecule has 2 aromatic carbocycles. The van der Waals surface area contributed by atoms with Crippen LogP contribution in [0.25, 0.3) is 0 Å². The highest BCUT2D eigenvalue weighted by Gasteiger charge is 2.47. The number of hydrogen-bond donors (Lipinski definition) is 0. The van der Waals surface area contributed by atoms with Crippen molar-refractivity contribution in [2.75, 3.05) is 26.5 Å². The fraction of sp³-hybridized carbons (Fsp3) is 0.458. The molecule has 1 atom stereocenters. The average molecular weight is 554 g/mol. The molecule has 0 radical (unpaired) electrons. The summed E-state index contributed by atoms with van der Waals surface area (Å²) in [5.74, 6) is -0.0256. The SMILES string of the molecule is COc1ccccc1CN1CCC(CCOS(C)(=O)=O)(Cc2cc(C(F)(F)F)cc(C(F)(F)F)c2)C1=O. The largest absolute Gasteiger partial charge is 0.496 e. The number of rotatable bonds is 9. The second-order valence-electron chi connectivity index (χ2n) is 8.94. The molecule has 1 aliphatic heterocycles. The van der Waals surface area contributed by atoms with Crippen LogP contribution in [-0.4, -0.2) is 45.7 Å². The topological polar surface area (TPSA) is 72.9 Å². The maximum absolute atomic E-state index is 13.6. The minimum absolute atomic E-state index is 0.0212. The summed E-state index contributed by atoms with van der Waals surface area (Å²) in [5.41, 5.74) is -4.14. The molecule has 6 nitrogen and oxygen atoms in total. The van der Waals surface area contributed by atoms with Crippen LogP contribution in [0, 0.1) is 5.41 Å². The molecular formula is C24H25F6NO5S. The monoisotopic (exact) mass is 553 g/mol. The van der Waals surface area contributed by atoms with Crippen molar-refractivity contribution >= 4 is 16.0 Å². The molecule has 0 spiro atoms. The first-order chi connectivity index (χ1) is 17.0. The Kier molecular flexibility index (Phi) is 8.18. The summed E-state index contributed by atoms with van der Waals surface area (Å²) < 4.78 is 113. The predicted molar refractivity (Wildman–Crippen MR) is 121 cm³/mol. The molecule has 1 aliphatic rings. The molecule has 2 aromatic rings. The lowest BCUT2D eigenvalue weighted by Gasteiger charge is -2.29. The Morgan fingerprint density at radius 1 is 1.00 bits per heavy atom. The van der Waals surface area contributed by atoms with E-state index in [0.29, 0.717) is 23.4 Å². The van der Waals surface area contributed by atoms with Crippen LogP contribution in [0.2, 0.25) is 0 Å². The highest BCUT2D eigenvalue weighted by atomic mass is 32.2. The summed E-state index contributed by atoms with van der Waals surface area (Å²) in [5, 5.41) is 0. The summed E-state index contributed by atoms with van der Waals surface area (Å²) >= 11 is 0. The van der Waals surface area contributed by atoms with E-state index in [4.69, 9.17) is 8.92 Å². The van der Waals surface area contributed by atoms with Crippen LogP contribution in [0.4, 0.5) is 26.3 Å². The Balaban J connectivity index is 1.99. The van der Waals surface area contributed by atoms with E-state index in [2.05, 4.69) is 0 Å². The Morgan fingerprint density at radius 2 is 1.59 bits per heavy atom. The van der Waals surface area contributed by atoms with Gasteiger partial charge in [0.1, 0.15) is 5.75 Å². The van der Waals surface area contributed by atoms with Gasteiger partial charge in [-0.2, -0.15) is 34.8 Å². The highest BCUT2D eigenvalue weighted by Crippen LogP contribution is 2.43. The number of halogens is 6. The Bertz CT molecular complexity index is 1210. The Morgan fingerprint density at radius 3 is 2.14 bits per heavy atom. The molecule has 1 unspecified atom stereocenters. The second-order valence-corrected chi connectivity index (χ2v) is 10.6. The lowest BCUT2D eigenvalue weighted by Crippen LogP contribution is -2.37. The molecule has 0 bridgehead atoms. The number of benzene rings is 2. The molecule has 1 saturated heterocycles. The molecule has 1 amide bonds. The van der Waals surface area contributed by atoms with Gasteiger partial charge in [0.25, 0.3) is 10.1 Å². The number of ether oxygens (including phenoxy) is 1. The van der Waals surface area contributed by atoms with Crippen molar-refractivity contribution in [2.45, 2.75) is 38.2 Å². The molecular weight excluding hydrogens is 528 g/mol. The quantitative estimate of drug-likeness (QED) is 0.321. The first-order valence-electron chi connectivity index (χ1n) is 11.1. The van der Waals surface area contributed by atoms with Gasteiger partial charge >= 0.3 is 12.4 Å². The molecule has 37 heavy (non-hydrogen) atoms. The number of carbonyl (C=O) groups excluding carboxylic acids is 1. The highest BCUT2D eigenvalue weighted by molar-refractivity contribution is 7.85. The number of likely N-dealkylation sites (tertiary alicyclic amines) is 1. The van der Waals surface area contributed by atoms with Crippen LogP contribution in [0.5, 0.6) is 5.75 Å². The number of hydrogen-bond acceptors (Lipinski definition) is 5. The third kappa shape index (κ3) is 7.16. The normalized spacial score (nSPS) is 18.9. The van der Waals surface area contributed by atoms with Gasteiger partial charge in [0.05, 0.1) is 36.5 Å². The van der Waals surface area contributed by atoms with Crippen molar-refractivity contribution in [3.63, 3.8) is 0 Å². The predicted octanol–water partition coefficient (Wildman–Crippen LogP) is 5.06. The van der Waals surface area contributed by atoms with Crippen LogP contribution in [0.1, 0.15) is 35.1 Å². The second kappa shape index (κ2) is 10.5. The van der Waals surface area contributed by atoms with Gasteiger partial charge in [0.2, 0.25) is 5.91 Å². The summed E-state index contributed by atoms with van der Waals surface area (Å²) in [7, 11) is -2.45. The lowest BCUT2D eigenvalue weighted by atomic mass is 9.77. The maximum Gasteiger partial charge on any atom is 0.416 e. The van der Waals surface area contributed by atoms with Crippen LogP contribution >= 0.6 is 0 Å². The average Bonchev–Trinajstić information content (AvgIpc) is 3.07. The smallest absolute Gasteiger partial charge is 0.416 e. The fourth-order valence-electron chi connectivity index (χ4n) is 4.47. The van der Waals surface area contributed by atoms with Crippen LogP contribution in [0.15, 0.2) is 42.5 Å². The third-order valence-electron chi connectivity index (χ3n) is 6.22. The lowest BCUT2D eigenvalue weighted by molar-refractivity contribution is -0.143. The van der Waals surface area contributed by atoms with Crippen LogP contribution in [-0.2, 0) is 44.4 Å². The fourth-order valence-corrected chi connectivity index (χ4v) is 4.85. The number of methoxy groups -OCH3 is 1. The molecule has 0 saturated carbocycles. The van der Waals surface area contributed by atoms with Crippen LogP contribution in [0.3, 0.4) is 0 Å². The zero-order valence-corrected chi connectivity index (χ0v) is 20.8. The molecule has 0 aliphatic carbocycles. The maximum atomic E-state index is 13.6. The van der Waals surface area contributed by atoms with Gasteiger partial charge in [-0.1, -0.05) is 18.2 Å². The summed E-state index contributed by atoms with van der Waals surface area (Å²) in [6.07, 6.45) is -9.90. The standard InChI is InChI=1S/C24H25F6NO5S/c1-35-20-6-4-3-5-17(20)15-31-9-7-22(21(31)32,8-10-36-37(2,33)34)14-16-11-18(23(25,26)27)13-19(12-16)24(28,29)30/h3-6,11-13H,7-10,14-15H2,1-2H3. The number of alkyl halides is 6. The molecule has 3 rings (SSSR count). The van der Waals surface area contributed by atoms with Crippen LogP contribution < -0.4 is 4.74 Å². The first-order valence-corrected chi connectivity index (χ1v) is 12.9. The summed E-state index contributed by atoms with van der Waals surface area (Å²) in [6, 6.07) is 8.06. The van der Waals surface area contributed by atoms with Gasteiger partial charge in [-0.15, -0.1) is 0 Å².